The van der Waals surface area contributed by atoms with Gasteiger partial charge >= 0.3 is 0 Å². The van der Waals surface area contributed by atoms with Gasteiger partial charge in [0.05, 0.1) is 0 Å². The molecular formula is C12H25N3O2S. The first-order valence-electron chi connectivity index (χ1n) is 6.89. The number of piperidine rings is 1. The van der Waals surface area contributed by atoms with E-state index in [0.29, 0.717) is 37.4 Å². The molecule has 2 fully saturated rings. The predicted molar refractivity (Wildman–Crippen MR) is 72.1 cm³/mol. The molecule has 0 aromatic carbocycles. The van der Waals surface area contributed by atoms with Crippen LogP contribution in [0.25, 0.3) is 0 Å². The average molecular weight is 275 g/mol. The normalized spacial score (nSPS) is 32.4. The molecule has 0 aromatic rings. The van der Waals surface area contributed by atoms with Gasteiger partial charge in [0, 0.05) is 25.7 Å². The molecule has 2 aliphatic rings. The molecule has 0 spiro atoms. The Labute approximate surface area is 110 Å². The maximum Gasteiger partial charge on any atom is 0.279 e. The summed E-state index contributed by atoms with van der Waals surface area (Å²) in [5.74, 6) is 1.39. The van der Waals surface area contributed by atoms with Crippen molar-refractivity contribution in [1.29, 1.82) is 0 Å². The zero-order chi connectivity index (χ0) is 13.3. The van der Waals surface area contributed by atoms with E-state index in [9.17, 15) is 8.42 Å². The first kappa shape index (κ1) is 14.2. The summed E-state index contributed by atoms with van der Waals surface area (Å²) >= 11 is 0. The molecule has 1 heterocycles. The fourth-order valence-corrected chi connectivity index (χ4v) is 4.27. The minimum absolute atomic E-state index is 0.0283. The standard InChI is InChI=1S/C12H25N3O2S/c1-9-5-10(2)8-15(7-9)18(16,17)14-6-12(13)11-3-4-11/h9-12,14H,3-8,13H2,1-2H3. The first-order valence-corrected chi connectivity index (χ1v) is 8.33. The summed E-state index contributed by atoms with van der Waals surface area (Å²) in [6.07, 6.45) is 3.38. The Morgan fingerprint density at radius 2 is 1.83 bits per heavy atom. The highest BCUT2D eigenvalue weighted by molar-refractivity contribution is 7.87. The Kier molecular flexibility index (Phi) is 4.31. The van der Waals surface area contributed by atoms with Crippen LogP contribution in [0.1, 0.15) is 33.1 Å². The van der Waals surface area contributed by atoms with Crippen LogP contribution in [0, 0.1) is 17.8 Å². The zero-order valence-electron chi connectivity index (χ0n) is 11.3. The lowest BCUT2D eigenvalue weighted by atomic mass is 9.94. The minimum atomic E-state index is -3.35. The van der Waals surface area contributed by atoms with E-state index in [1.54, 1.807) is 4.31 Å². The molecule has 2 rings (SSSR count). The van der Waals surface area contributed by atoms with Crippen molar-refractivity contribution >= 4 is 10.2 Å². The molecule has 0 radical (unpaired) electrons. The van der Waals surface area contributed by atoms with Gasteiger partial charge in [-0.3, -0.25) is 0 Å². The van der Waals surface area contributed by atoms with Crippen molar-refractivity contribution in [3.8, 4) is 0 Å². The van der Waals surface area contributed by atoms with E-state index in [2.05, 4.69) is 18.6 Å². The van der Waals surface area contributed by atoms with Crippen LogP contribution >= 0.6 is 0 Å². The molecule has 1 aliphatic heterocycles. The molecule has 5 nitrogen and oxygen atoms in total. The summed E-state index contributed by atoms with van der Waals surface area (Å²) in [6.45, 7) is 5.82. The molecule has 0 bridgehead atoms. The van der Waals surface area contributed by atoms with Gasteiger partial charge < -0.3 is 5.73 Å². The van der Waals surface area contributed by atoms with E-state index in [1.165, 1.54) is 0 Å². The highest BCUT2D eigenvalue weighted by atomic mass is 32.2. The topological polar surface area (TPSA) is 75.4 Å². The van der Waals surface area contributed by atoms with Gasteiger partial charge in [-0.2, -0.15) is 12.7 Å². The van der Waals surface area contributed by atoms with E-state index >= 15 is 0 Å². The van der Waals surface area contributed by atoms with Gasteiger partial charge in [0.2, 0.25) is 0 Å². The van der Waals surface area contributed by atoms with Crippen molar-refractivity contribution in [2.24, 2.45) is 23.5 Å². The molecule has 1 aliphatic carbocycles. The molecule has 106 valence electrons. The van der Waals surface area contributed by atoms with Crippen molar-refractivity contribution in [3.05, 3.63) is 0 Å². The van der Waals surface area contributed by atoms with Crippen molar-refractivity contribution in [3.63, 3.8) is 0 Å². The monoisotopic (exact) mass is 275 g/mol. The molecule has 3 atom stereocenters. The highest BCUT2D eigenvalue weighted by Gasteiger charge is 2.33. The second kappa shape index (κ2) is 5.45. The van der Waals surface area contributed by atoms with Gasteiger partial charge in [-0.1, -0.05) is 13.8 Å². The quantitative estimate of drug-likeness (QED) is 0.769. The van der Waals surface area contributed by atoms with Crippen LogP contribution in [0.3, 0.4) is 0 Å². The van der Waals surface area contributed by atoms with Crippen LogP contribution in [0.4, 0.5) is 0 Å². The van der Waals surface area contributed by atoms with Crippen LogP contribution in [-0.2, 0) is 10.2 Å². The maximum absolute atomic E-state index is 12.2. The Morgan fingerprint density at radius 3 is 2.33 bits per heavy atom. The third-order valence-electron chi connectivity index (χ3n) is 3.90. The van der Waals surface area contributed by atoms with Gasteiger partial charge in [-0.25, -0.2) is 4.72 Å². The fraction of sp³-hybridized carbons (Fsp3) is 1.00. The van der Waals surface area contributed by atoms with Crippen LogP contribution in [0.2, 0.25) is 0 Å². The van der Waals surface area contributed by atoms with E-state index in [1.807, 2.05) is 0 Å². The van der Waals surface area contributed by atoms with E-state index in [-0.39, 0.29) is 6.04 Å². The van der Waals surface area contributed by atoms with Crippen LogP contribution in [-0.4, -0.2) is 38.4 Å². The molecule has 3 unspecified atom stereocenters. The third-order valence-corrected chi connectivity index (χ3v) is 5.41. The van der Waals surface area contributed by atoms with Crippen molar-refractivity contribution in [2.45, 2.75) is 39.2 Å². The second-order valence-electron chi connectivity index (χ2n) is 6.12. The summed E-state index contributed by atoms with van der Waals surface area (Å²) in [6, 6.07) is -0.0283. The van der Waals surface area contributed by atoms with E-state index in [0.717, 1.165) is 19.3 Å². The van der Waals surface area contributed by atoms with Gasteiger partial charge in [-0.15, -0.1) is 0 Å². The molecule has 0 aromatic heterocycles. The number of nitrogens with zero attached hydrogens (tertiary/aromatic N) is 1. The first-order chi connectivity index (χ1) is 8.38. The SMILES string of the molecule is CC1CC(C)CN(S(=O)(=O)NCC(N)C2CC2)C1. The summed E-state index contributed by atoms with van der Waals surface area (Å²) in [5.41, 5.74) is 5.92. The molecule has 3 N–H and O–H groups in total. The maximum atomic E-state index is 12.2. The summed E-state index contributed by atoms with van der Waals surface area (Å²) in [7, 11) is -3.35. The summed E-state index contributed by atoms with van der Waals surface area (Å²) in [5, 5.41) is 0. The lowest BCUT2D eigenvalue weighted by molar-refractivity contribution is 0.220. The van der Waals surface area contributed by atoms with Crippen molar-refractivity contribution < 1.29 is 8.42 Å². The van der Waals surface area contributed by atoms with Crippen LogP contribution in [0.5, 0.6) is 0 Å². The molecule has 6 heteroatoms. The summed E-state index contributed by atoms with van der Waals surface area (Å²) < 4.78 is 28.6. The molecular weight excluding hydrogens is 250 g/mol. The zero-order valence-corrected chi connectivity index (χ0v) is 12.1. The molecule has 1 saturated heterocycles. The van der Waals surface area contributed by atoms with Gasteiger partial charge in [0.1, 0.15) is 0 Å². The van der Waals surface area contributed by atoms with Gasteiger partial charge in [0.25, 0.3) is 10.2 Å². The molecule has 0 amide bonds. The number of nitrogens with one attached hydrogen (secondary N) is 1. The third kappa shape index (κ3) is 3.66. The van der Waals surface area contributed by atoms with E-state index < -0.39 is 10.2 Å². The van der Waals surface area contributed by atoms with E-state index in [4.69, 9.17) is 5.73 Å². The Balaban J connectivity index is 1.88. The van der Waals surface area contributed by atoms with Gasteiger partial charge in [0.15, 0.2) is 0 Å². The highest BCUT2D eigenvalue weighted by Crippen LogP contribution is 2.31. The lowest BCUT2D eigenvalue weighted by Gasteiger charge is -2.34. The number of rotatable bonds is 5. The van der Waals surface area contributed by atoms with Crippen molar-refractivity contribution in [2.75, 3.05) is 19.6 Å². The van der Waals surface area contributed by atoms with Crippen LogP contribution in [0.15, 0.2) is 0 Å². The number of hydrogen-bond acceptors (Lipinski definition) is 3. The Bertz CT molecular complexity index is 371. The largest absolute Gasteiger partial charge is 0.326 e. The Hall–Kier alpha value is -0.170. The molecule has 18 heavy (non-hydrogen) atoms. The Morgan fingerprint density at radius 1 is 1.28 bits per heavy atom. The number of hydrogen-bond donors (Lipinski definition) is 2. The van der Waals surface area contributed by atoms with Crippen molar-refractivity contribution in [1.82, 2.24) is 9.03 Å². The lowest BCUT2D eigenvalue weighted by Crippen LogP contribution is -2.50. The predicted octanol–water partition coefficient (Wildman–Crippen LogP) is 0.536. The summed E-state index contributed by atoms with van der Waals surface area (Å²) in [4.78, 5) is 0. The average Bonchev–Trinajstić information content (AvgIpc) is 3.08. The minimum Gasteiger partial charge on any atom is -0.326 e. The van der Waals surface area contributed by atoms with Gasteiger partial charge in [-0.05, 0) is 37.0 Å². The molecule has 1 saturated carbocycles. The van der Waals surface area contributed by atoms with Crippen LogP contribution < -0.4 is 10.5 Å². The second-order valence-corrected chi connectivity index (χ2v) is 7.87. The fourth-order valence-electron chi connectivity index (χ4n) is 2.79. The smallest absolute Gasteiger partial charge is 0.279 e. The number of nitrogens with two attached hydrogens (primary N) is 1.